The van der Waals surface area contributed by atoms with Gasteiger partial charge in [0.05, 0.1) is 11.0 Å². The summed E-state index contributed by atoms with van der Waals surface area (Å²) in [5, 5.41) is 13.8. The van der Waals surface area contributed by atoms with Crippen molar-refractivity contribution in [2.75, 3.05) is 0 Å². The van der Waals surface area contributed by atoms with Crippen LogP contribution in [0.15, 0.2) is 42.5 Å². The third-order valence-electron chi connectivity index (χ3n) is 3.71. The highest BCUT2D eigenvalue weighted by Gasteiger charge is 2.22. The normalized spacial score (nSPS) is 13.0. The molecule has 0 saturated carbocycles. The smallest absolute Gasteiger partial charge is 0.311 e. The number of hydrogen-bond acceptors (Lipinski definition) is 4. The van der Waals surface area contributed by atoms with Crippen molar-refractivity contribution in [2.45, 2.75) is 32.9 Å². The van der Waals surface area contributed by atoms with Gasteiger partial charge in [0.25, 0.3) is 5.91 Å². The highest BCUT2D eigenvalue weighted by atomic mass is 19.1. The molecule has 2 aromatic rings. The average Bonchev–Trinajstić information content (AvgIpc) is 2.56. The molecule has 0 aromatic heterocycles. The first-order chi connectivity index (χ1) is 11.8. The molecule has 1 N–H and O–H groups in total. The first kappa shape index (κ1) is 18.4. The van der Waals surface area contributed by atoms with Gasteiger partial charge in [0.15, 0.2) is 11.9 Å². The number of ether oxygens (including phenoxy) is 1. The second kappa shape index (κ2) is 7.74. The maximum absolute atomic E-state index is 13.0. The van der Waals surface area contributed by atoms with Crippen molar-refractivity contribution in [1.29, 1.82) is 0 Å². The van der Waals surface area contributed by atoms with E-state index in [-0.39, 0.29) is 23.3 Å². The van der Waals surface area contributed by atoms with E-state index in [1.807, 2.05) is 0 Å². The van der Waals surface area contributed by atoms with Crippen LogP contribution in [0.25, 0.3) is 0 Å². The quantitative estimate of drug-likeness (QED) is 0.639. The number of halogens is 1. The summed E-state index contributed by atoms with van der Waals surface area (Å²) in [4.78, 5) is 22.8. The summed E-state index contributed by atoms with van der Waals surface area (Å²) < 4.78 is 18.4. The molecular weight excluding hydrogens is 327 g/mol. The molecule has 25 heavy (non-hydrogen) atoms. The number of carbonyl (C=O) groups excluding carboxylic acids is 1. The highest BCUT2D eigenvalue weighted by molar-refractivity contribution is 5.81. The fourth-order valence-corrected chi connectivity index (χ4v) is 2.28. The average molecular weight is 346 g/mol. The second-order valence-corrected chi connectivity index (χ2v) is 5.77. The Morgan fingerprint density at radius 2 is 1.84 bits per heavy atom. The lowest BCUT2D eigenvalue weighted by Gasteiger charge is -2.19. The molecular formula is C18H19FN2O4. The number of nitro groups is 1. The molecule has 6 nitrogen and oxygen atoms in total. The van der Waals surface area contributed by atoms with Gasteiger partial charge in [0.1, 0.15) is 5.82 Å². The predicted molar refractivity (Wildman–Crippen MR) is 90.9 cm³/mol. The molecule has 0 aliphatic heterocycles. The first-order valence-electron chi connectivity index (χ1n) is 7.75. The van der Waals surface area contributed by atoms with E-state index in [0.717, 1.165) is 11.1 Å². The molecule has 0 aliphatic rings. The monoisotopic (exact) mass is 346 g/mol. The van der Waals surface area contributed by atoms with Gasteiger partial charge in [0.2, 0.25) is 0 Å². The van der Waals surface area contributed by atoms with Gasteiger partial charge in [-0.25, -0.2) is 4.39 Å². The SMILES string of the molecule is Cc1ccc(O[C@H](C)C(=O)N[C@H](C)c2ccc(F)cc2)c([N+](=O)[O-])c1. The zero-order valence-corrected chi connectivity index (χ0v) is 14.2. The number of amides is 1. The van der Waals surface area contributed by atoms with Gasteiger partial charge >= 0.3 is 5.69 Å². The number of nitro benzene ring substituents is 1. The Balaban J connectivity index is 2.05. The van der Waals surface area contributed by atoms with Crippen LogP contribution in [0, 0.1) is 22.9 Å². The van der Waals surface area contributed by atoms with E-state index in [1.54, 1.807) is 32.0 Å². The summed E-state index contributed by atoms with van der Waals surface area (Å²) >= 11 is 0. The third-order valence-corrected chi connectivity index (χ3v) is 3.71. The van der Waals surface area contributed by atoms with Crippen LogP contribution in [-0.2, 0) is 4.79 Å². The van der Waals surface area contributed by atoms with E-state index in [1.165, 1.54) is 31.2 Å². The van der Waals surface area contributed by atoms with Crippen LogP contribution in [0.4, 0.5) is 10.1 Å². The number of aryl methyl sites for hydroxylation is 1. The Hall–Kier alpha value is -2.96. The number of hydrogen-bond donors (Lipinski definition) is 1. The largest absolute Gasteiger partial charge is 0.474 e. The molecule has 0 heterocycles. The third kappa shape index (κ3) is 4.76. The zero-order valence-electron chi connectivity index (χ0n) is 14.2. The van der Waals surface area contributed by atoms with Gasteiger partial charge in [-0.2, -0.15) is 0 Å². The van der Waals surface area contributed by atoms with E-state index in [0.29, 0.717) is 0 Å². The van der Waals surface area contributed by atoms with E-state index in [2.05, 4.69) is 5.32 Å². The molecule has 1 amide bonds. The van der Waals surface area contributed by atoms with Gasteiger partial charge in [-0.3, -0.25) is 14.9 Å². The van der Waals surface area contributed by atoms with Crippen molar-refractivity contribution in [3.8, 4) is 5.75 Å². The molecule has 0 spiro atoms. The van der Waals surface area contributed by atoms with Crippen LogP contribution >= 0.6 is 0 Å². The van der Waals surface area contributed by atoms with Gasteiger partial charge in [-0.1, -0.05) is 18.2 Å². The summed E-state index contributed by atoms with van der Waals surface area (Å²) in [6, 6.07) is 9.97. The lowest BCUT2D eigenvalue weighted by molar-refractivity contribution is -0.386. The van der Waals surface area contributed by atoms with Crippen LogP contribution in [0.5, 0.6) is 5.75 Å². The van der Waals surface area contributed by atoms with Crippen LogP contribution in [0.1, 0.15) is 31.0 Å². The number of benzene rings is 2. The minimum absolute atomic E-state index is 0.0349. The maximum atomic E-state index is 13.0. The lowest BCUT2D eigenvalue weighted by atomic mass is 10.1. The Kier molecular flexibility index (Phi) is 5.69. The van der Waals surface area contributed by atoms with Crippen LogP contribution < -0.4 is 10.1 Å². The highest BCUT2D eigenvalue weighted by Crippen LogP contribution is 2.28. The van der Waals surface area contributed by atoms with Crippen molar-refractivity contribution in [3.63, 3.8) is 0 Å². The van der Waals surface area contributed by atoms with E-state index < -0.39 is 16.9 Å². The summed E-state index contributed by atoms with van der Waals surface area (Å²) in [7, 11) is 0. The van der Waals surface area contributed by atoms with Crippen molar-refractivity contribution in [3.05, 3.63) is 69.5 Å². The molecule has 2 atom stereocenters. The van der Waals surface area contributed by atoms with E-state index >= 15 is 0 Å². The standard InChI is InChI=1S/C18H19FN2O4/c1-11-4-9-17(16(10-11)21(23)24)25-13(3)18(22)20-12(2)14-5-7-15(19)8-6-14/h4-10,12-13H,1-3H3,(H,20,22)/t12-,13-/m1/s1. The summed E-state index contributed by atoms with van der Waals surface area (Å²) in [6.07, 6.45) is -0.927. The minimum atomic E-state index is -0.927. The molecule has 132 valence electrons. The van der Waals surface area contributed by atoms with Crippen molar-refractivity contribution >= 4 is 11.6 Å². The molecule has 0 radical (unpaired) electrons. The van der Waals surface area contributed by atoms with Crippen LogP contribution in [0.2, 0.25) is 0 Å². The molecule has 7 heteroatoms. The fraction of sp³-hybridized carbons (Fsp3) is 0.278. The number of nitrogens with zero attached hydrogens (tertiary/aromatic N) is 1. The zero-order chi connectivity index (χ0) is 18.6. The Labute approximate surface area is 144 Å². The van der Waals surface area contributed by atoms with Gasteiger partial charge < -0.3 is 10.1 Å². The number of nitrogens with one attached hydrogen (secondary N) is 1. The topological polar surface area (TPSA) is 81.5 Å². The lowest BCUT2D eigenvalue weighted by Crippen LogP contribution is -2.37. The Morgan fingerprint density at radius 1 is 1.20 bits per heavy atom. The van der Waals surface area contributed by atoms with Crippen molar-refractivity contribution < 1.29 is 18.8 Å². The van der Waals surface area contributed by atoms with Crippen LogP contribution in [0.3, 0.4) is 0 Å². The molecule has 2 aromatic carbocycles. The summed E-state index contributed by atoms with van der Waals surface area (Å²) in [6.45, 7) is 5.00. The van der Waals surface area contributed by atoms with E-state index in [9.17, 15) is 19.3 Å². The molecule has 0 aliphatic carbocycles. The Morgan fingerprint density at radius 3 is 2.44 bits per heavy atom. The maximum Gasteiger partial charge on any atom is 0.311 e. The van der Waals surface area contributed by atoms with Crippen LogP contribution in [-0.4, -0.2) is 16.9 Å². The second-order valence-electron chi connectivity index (χ2n) is 5.77. The first-order valence-corrected chi connectivity index (χ1v) is 7.75. The minimum Gasteiger partial charge on any atom is -0.474 e. The molecule has 0 bridgehead atoms. The molecule has 0 fully saturated rings. The number of rotatable bonds is 6. The van der Waals surface area contributed by atoms with Gasteiger partial charge in [-0.15, -0.1) is 0 Å². The summed E-state index contributed by atoms with van der Waals surface area (Å²) in [5.41, 5.74) is 1.27. The molecule has 0 unspecified atom stereocenters. The fourth-order valence-electron chi connectivity index (χ4n) is 2.28. The molecule has 0 saturated heterocycles. The van der Waals surface area contributed by atoms with Gasteiger partial charge in [-0.05, 0) is 50.1 Å². The predicted octanol–water partition coefficient (Wildman–Crippen LogP) is 3.69. The number of carbonyl (C=O) groups is 1. The Bertz CT molecular complexity index is 777. The van der Waals surface area contributed by atoms with E-state index in [4.69, 9.17) is 4.74 Å². The summed E-state index contributed by atoms with van der Waals surface area (Å²) in [5.74, 6) is -0.745. The van der Waals surface area contributed by atoms with Gasteiger partial charge in [0, 0.05) is 6.07 Å². The molecule has 2 rings (SSSR count). The van der Waals surface area contributed by atoms with Crippen molar-refractivity contribution in [2.24, 2.45) is 0 Å². The van der Waals surface area contributed by atoms with Crippen molar-refractivity contribution in [1.82, 2.24) is 5.32 Å².